The van der Waals surface area contributed by atoms with E-state index in [9.17, 15) is 4.79 Å². The molecule has 0 spiro atoms. The lowest BCUT2D eigenvalue weighted by atomic mass is 10.3. The molecule has 3 aromatic rings. The summed E-state index contributed by atoms with van der Waals surface area (Å²) in [5.41, 5.74) is 1.39. The van der Waals surface area contributed by atoms with E-state index in [-0.39, 0.29) is 5.91 Å². The van der Waals surface area contributed by atoms with Crippen LogP contribution >= 0.6 is 11.3 Å². The summed E-state index contributed by atoms with van der Waals surface area (Å²) in [7, 11) is 0. The van der Waals surface area contributed by atoms with Crippen molar-refractivity contribution >= 4 is 27.9 Å². The van der Waals surface area contributed by atoms with E-state index in [0.29, 0.717) is 5.69 Å². The lowest BCUT2D eigenvalue weighted by Gasteiger charge is -2.03. The Morgan fingerprint density at radius 2 is 2.12 bits per heavy atom. The minimum atomic E-state index is -0.125. The molecular formula is C12H9N3OS. The zero-order valence-corrected chi connectivity index (χ0v) is 9.65. The lowest BCUT2D eigenvalue weighted by Crippen LogP contribution is -2.13. The first-order valence-corrected chi connectivity index (χ1v) is 5.99. The molecule has 3 rings (SSSR count). The number of nitrogens with one attached hydrogen (secondary N) is 1. The Balaban J connectivity index is 1.91. The van der Waals surface area contributed by atoms with Crippen molar-refractivity contribution in [2.45, 2.75) is 0 Å². The number of aromatic nitrogens is 2. The molecule has 0 radical (unpaired) electrons. The second-order valence-corrected chi connectivity index (χ2v) is 4.36. The summed E-state index contributed by atoms with van der Waals surface area (Å²) in [6, 6.07) is 9.39. The standard InChI is InChI=1S/C12H9N3OS/c16-11(14-9-4-2-1-3-5-9)10-8-17-12-13-6-7-15(10)12/h1-8H,(H,14,16). The number of para-hydroxylation sites is 1. The van der Waals surface area contributed by atoms with E-state index in [4.69, 9.17) is 0 Å². The van der Waals surface area contributed by atoms with Crippen LogP contribution < -0.4 is 5.32 Å². The molecule has 0 bridgehead atoms. The van der Waals surface area contributed by atoms with E-state index in [1.165, 1.54) is 11.3 Å². The highest BCUT2D eigenvalue weighted by Crippen LogP contribution is 2.16. The zero-order valence-electron chi connectivity index (χ0n) is 8.83. The number of fused-ring (bicyclic) bond motifs is 1. The molecule has 0 aliphatic carbocycles. The zero-order chi connectivity index (χ0) is 11.7. The predicted octanol–water partition coefficient (Wildman–Crippen LogP) is 2.65. The number of benzene rings is 1. The largest absolute Gasteiger partial charge is 0.321 e. The highest BCUT2D eigenvalue weighted by molar-refractivity contribution is 7.15. The fourth-order valence-corrected chi connectivity index (χ4v) is 2.44. The molecule has 0 unspecified atom stereocenters. The number of rotatable bonds is 2. The topological polar surface area (TPSA) is 46.4 Å². The molecule has 4 nitrogen and oxygen atoms in total. The van der Waals surface area contributed by atoms with Gasteiger partial charge in [0.05, 0.1) is 0 Å². The fraction of sp³-hybridized carbons (Fsp3) is 0. The maximum Gasteiger partial charge on any atom is 0.273 e. The van der Waals surface area contributed by atoms with Crippen molar-refractivity contribution in [1.82, 2.24) is 9.38 Å². The molecule has 1 N–H and O–H groups in total. The summed E-state index contributed by atoms with van der Waals surface area (Å²) in [5.74, 6) is -0.125. The molecule has 0 atom stereocenters. The number of thiazole rings is 1. The van der Waals surface area contributed by atoms with E-state index in [0.717, 1.165) is 10.6 Å². The van der Waals surface area contributed by atoms with Gasteiger partial charge in [0.25, 0.3) is 5.91 Å². The second kappa shape index (κ2) is 4.03. The van der Waals surface area contributed by atoms with E-state index < -0.39 is 0 Å². The molecule has 84 valence electrons. The van der Waals surface area contributed by atoms with Crippen LogP contribution in [0.25, 0.3) is 4.96 Å². The third kappa shape index (κ3) is 1.81. The number of carbonyl (C=O) groups is 1. The molecule has 1 aromatic carbocycles. The number of nitrogens with zero attached hydrogens (tertiary/aromatic N) is 2. The Labute approximate surface area is 102 Å². The van der Waals surface area contributed by atoms with Gasteiger partial charge < -0.3 is 5.32 Å². The maximum absolute atomic E-state index is 12.0. The van der Waals surface area contributed by atoms with Crippen molar-refractivity contribution in [3.05, 3.63) is 53.8 Å². The summed E-state index contributed by atoms with van der Waals surface area (Å²) in [6.45, 7) is 0. The number of carbonyl (C=O) groups excluding carboxylic acids is 1. The third-order valence-corrected chi connectivity index (χ3v) is 3.26. The monoisotopic (exact) mass is 243 g/mol. The average molecular weight is 243 g/mol. The molecule has 0 fully saturated rings. The first kappa shape index (κ1) is 10.0. The van der Waals surface area contributed by atoms with Gasteiger partial charge in [-0.3, -0.25) is 9.20 Å². The van der Waals surface area contributed by atoms with E-state index >= 15 is 0 Å². The van der Waals surface area contributed by atoms with Gasteiger partial charge >= 0.3 is 0 Å². The van der Waals surface area contributed by atoms with E-state index in [1.54, 1.807) is 22.2 Å². The van der Waals surface area contributed by atoms with Gasteiger partial charge in [-0.1, -0.05) is 18.2 Å². The Morgan fingerprint density at radius 1 is 1.29 bits per heavy atom. The smallest absolute Gasteiger partial charge is 0.273 e. The number of hydrogen-bond donors (Lipinski definition) is 1. The molecule has 2 heterocycles. The summed E-state index contributed by atoms with van der Waals surface area (Å²) < 4.78 is 1.78. The van der Waals surface area contributed by atoms with Crippen LogP contribution in [0.3, 0.4) is 0 Å². The van der Waals surface area contributed by atoms with Crippen LogP contribution in [0.5, 0.6) is 0 Å². The minimum absolute atomic E-state index is 0.125. The van der Waals surface area contributed by atoms with Crippen LogP contribution in [0, 0.1) is 0 Å². The van der Waals surface area contributed by atoms with Crippen LogP contribution in [0.1, 0.15) is 10.5 Å². The second-order valence-electron chi connectivity index (χ2n) is 3.52. The summed E-state index contributed by atoms with van der Waals surface area (Å²) in [6.07, 6.45) is 3.47. The van der Waals surface area contributed by atoms with Crippen molar-refractivity contribution in [2.24, 2.45) is 0 Å². The van der Waals surface area contributed by atoms with Gasteiger partial charge in [0, 0.05) is 23.5 Å². The summed E-state index contributed by atoms with van der Waals surface area (Å²) >= 11 is 1.45. The molecule has 17 heavy (non-hydrogen) atoms. The number of imidazole rings is 1. The maximum atomic E-state index is 12.0. The minimum Gasteiger partial charge on any atom is -0.321 e. The SMILES string of the molecule is O=C(Nc1ccccc1)c1csc2nccn12. The van der Waals surface area contributed by atoms with Crippen molar-refractivity contribution in [1.29, 1.82) is 0 Å². The molecule has 1 amide bonds. The normalized spacial score (nSPS) is 10.6. The van der Waals surface area contributed by atoms with Crippen LogP contribution in [-0.4, -0.2) is 15.3 Å². The van der Waals surface area contributed by atoms with Crippen LogP contribution in [-0.2, 0) is 0 Å². The van der Waals surface area contributed by atoms with Crippen LogP contribution in [0.4, 0.5) is 5.69 Å². The molecule has 0 aliphatic heterocycles. The van der Waals surface area contributed by atoms with E-state index in [1.807, 2.05) is 30.3 Å². The van der Waals surface area contributed by atoms with Crippen LogP contribution in [0.15, 0.2) is 48.1 Å². The van der Waals surface area contributed by atoms with Crippen LogP contribution in [0.2, 0.25) is 0 Å². The quantitative estimate of drug-likeness (QED) is 0.752. The molecular weight excluding hydrogens is 234 g/mol. The average Bonchev–Trinajstić information content (AvgIpc) is 2.91. The van der Waals surface area contributed by atoms with Crippen molar-refractivity contribution < 1.29 is 4.79 Å². The van der Waals surface area contributed by atoms with Crippen molar-refractivity contribution in [3.63, 3.8) is 0 Å². The first-order chi connectivity index (χ1) is 8.34. The van der Waals surface area contributed by atoms with Gasteiger partial charge in [0.15, 0.2) is 4.96 Å². The highest BCUT2D eigenvalue weighted by atomic mass is 32.1. The Bertz CT molecular complexity index is 657. The fourth-order valence-electron chi connectivity index (χ4n) is 1.61. The Morgan fingerprint density at radius 3 is 2.94 bits per heavy atom. The van der Waals surface area contributed by atoms with Crippen molar-refractivity contribution in [3.8, 4) is 0 Å². The molecule has 5 heteroatoms. The first-order valence-electron chi connectivity index (χ1n) is 5.11. The Kier molecular flexibility index (Phi) is 2.38. The molecule has 0 aliphatic rings. The highest BCUT2D eigenvalue weighted by Gasteiger charge is 2.12. The van der Waals surface area contributed by atoms with Gasteiger partial charge in [-0.25, -0.2) is 4.98 Å². The number of amides is 1. The Hall–Kier alpha value is -2.14. The predicted molar refractivity (Wildman–Crippen MR) is 67.5 cm³/mol. The molecule has 0 saturated carbocycles. The number of hydrogen-bond acceptors (Lipinski definition) is 3. The van der Waals surface area contributed by atoms with Gasteiger partial charge in [0.1, 0.15) is 5.69 Å². The van der Waals surface area contributed by atoms with Gasteiger partial charge in [-0.15, -0.1) is 11.3 Å². The number of anilines is 1. The third-order valence-electron chi connectivity index (χ3n) is 2.41. The lowest BCUT2D eigenvalue weighted by molar-refractivity contribution is 0.102. The van der Waals surface area contributed by atoms with Gasteiger partial charge in [-0.2, -0.15) is 0 Å². The summed E-state index contributed by atoms with van der Waals surface area (Å²) in [5, 5.41) is 4.65. The van der Waals surface area contributed by atoms with Crippen molar-refractivity contribution in [2.75, 3.05) is 5.32 Å². The van der Waals surface area contributed by atoms with Gasteiger partial charge in [0.2, 0.25) is 0 Å². The summed E-state index contributed by atoms with van der Waals surface area (Å²) in [4.78, 5) is 17.0. The van der Waals surface area contributed by atoms with Gasteiger partial charge in [-0.05, 0) is 12.1 Å². The molecule has 0 saturated heterocycles. The molecule has 2 aromatic heterocycles. The van der Waals surface area contributed by atoms with E-state index in [2.05, 4.69) is 10.3 Å².